The van der Waals surface area contributed by atoms with Gasteiger partial charge in [-0.15, -0.1) is 5.06 Å². The Morgan fingerprint density at radius 1 is 1.22 bits per heavy atom. The van der Waals surface area contributed by atoms with E-state index in [1.54, 1.807) is 0 Å². The molecular formula is C19H30N2O2. The first-order valence-corrected chi connectivity index (χ1v) is 8.61. The Hall–Kier alpha value is -1.39. The zero-order valence-corrected chi connectivity index (χ0v) is 14.8. The van der Waals surface area contributed by atoms with Crippen molar-refractivity contribution in [2.24, 2.45) is 11.1 Å². The first-order chi connectivity index (χ1) is 10.8. The van der Waals surface area contributed by atoms with Crippen LogP contribution < -0.4 is 5.73 Å². The first kappa shape index (κ1) is 18.0. The summed E-state index contributed by atoms with van der Waals surface area (Å²) in [5, 5.41) is 1.93. The smallest absolute Gasteiger partial charge is 0.330 e. The number of hydrogen-bond acceptors (Lipinski definition) is 4. The van der Waals surface area contributed by atoms with Crippen molar-refractivity contribution in [3.8, 4) is 0 Å². The second kappa shape index (κ2) is 7.45. The second-order valence-corrected chi connectivity index (χ2v) is 7.63. The zero-order valence-electron chi connectivity index (χ0n) is 14.8. The molecule has 0 saturated carbocycles. The van der Waals surface area contributed by atoms with Crippen LogP contribution in [0.5, 0.6) is 0 Å². The molecule has 1 aliphatic heterocycles. The Morgan fingerprint density at radius 2 is 1.83 bits per heavy atom. The van der Waals surface area contributed by atoms with E-state index in [4.69, 9.17) is 10.6 Å². The van der Waals surface area contributed by atoms with Gasteiger partial charge in [-0.2, -0.15) is 0 Å². The maximum absolute atomic E-state index is 12.4. The van der Waals surface area contributed by atoms with E-state index in [0.717, 1.165) is 25.7 Å². The van der Waals surface area contributed by atoms with Gasteiger partial charge in [-0.25, -0.2) is 4.79 Å². The van der Waals surface area contributed by atoms with Gasteiger partial charge in [0.15, 0.2) is 0 Å². The van der Waals surface area contributed by atoms with E-state index < -0.39 is 5.41 Å². The fourth-order valence-electron chi connectivity index (χ4n) is 3.09. The van der Waals surface area contributed by atoms with Crippen LogP contribution in [0.2, 0.25) is 0 Å². The van der Waals surface area contributed by atoms with E-state index in [2.05, 4.69) is 19.1 Å². The maximum atomic E-state index is 12.4. The molecule has 1 saturated heterocycles. The predicted molar refractivity (Wildman–Crippen MR) is 92.6 cm³/mol. The van der Waals surface area contributed by atoms with E-state index in [0.29, 0.717) is 0 Å². The average molecular weight is 318 g/mol. The van der Waals surface area contributed by atoms with Crippen LogP contribution in [0.4, 0.5) is 0 Å². The third-order valence-electron chi connectivity index (χ3n) is 4.46. The highest BCUT2D eigenvalue weighted by Crippen LogP contribution is 2.29. The zero-order chi connectivity index (χ0) is 17.0. The summed E-state index contributed by atoms with van der Waals surface area (Å²) in [5.41, 5.74) is 7.00. The minimum absolute atomic E-state index is 0.136. The fourth-order valence-corrected chi connectivity index (χ4v) is 3.09. The van der Waals surface area contributed by atoms with Crippen LogP contribution in [0.15, 0.2) is 30.3 Å². The molecule has 0 aliphatic carbocycles. The molecule has 1 aromatic rings. The molecule has 2 rings (SSSR count). The molecule has 1 aliphatic rings. The largest absolute Gasteiger partial charge is 0.367 e. The Bertz CT molecular complexity index is 510. The highest BCUT2D eigenvalue weighted by molar-refractivity contribution is 5.75. The number of piperidine rings is 1. The van der Waals surface area contributed by atoms with Crippen molar-refractivity contribution in [2.45, 2.75) is 71.5 Å². The van der Waals surface area contributed by atoms with Gasteiger partial charge >= 0.3 is 5.97 Å². The van der Waals surface area contributed by atoms with E-state index >= 15 is 0 Å². The highest BCUT2D eigenvalue weighted by Gasteiger charge is 2.38. The number of nitrogens with zero attached hydrogens (tertiary/aromatic N) is 1. The molecule has 0 spiro atoms. The van der Waals surface area contributed by atoms with Gasteiger partial charge in [-0.3, -0.25) is 0 Å². The van der Waals surface area contributed by atoms with Gasteiger partial charge in [0, 0.05) is 12.1 Å². The van der Waals surface area contributed by atoms with Gasteiger partial charge in [0.1, 0.15) is 0 Å². The van der Waals surface area contributed by atoms with E-state index in [-0.39, 0.29) is 24.1 Å². The van der Waals surface area contributed by atoms with Gasteiger partial charge < -0.3 is 10.6 Å². The normalized spacial score (nSPS) is 26.0. The van der Waals surface area contributed by atoms with Crippen molar-refractivity contribution in [1.82, 2.24) is 5.06 Å². The van der Waals surface area contributed by atoms with Gasteiger partial charge in [0.2, 0.25) is 0 Å². The molecule has 3 atom stereocenters. The summed E-state index contributed by atoms with van der Waals surface area (Å²) < 4.78 is 0. The number of nitrogens with two attached hydrogens (primary N) is 1. The van der Waals surface area contributed by atoms with E-state index in [9.17, 15) is 4.79 Å². The third-order valence-corrected chi connectivity index (χ3v) is 4.46. The molecule has 1 fully saturated rings. The molecule has 0 amide bonds. The van der Waals surface area contributed by atoms with Crippen molar-refractivity contribution in [1.29, 1.82) is 0 Å². The van der Waals surface area contributed by atoms with Crippen LogP contribution in [0, 0.1) is 5.41 Å². The lowest BCUT2D eigenvalue weighted by atomic mass is 9.89. The predicted octanol–water partition coefficient (Wildman–Crippen LogP) is 3.30. The van der Waals surface area contributed by atoms with Crippen LogP contribution in [-0.4, -0.2) is 29.2 Å². The lowest BCUT2D eigenvalue weighted by molar-refractivity contribution is -0.234. The van der Waals surface area contributed by atoms with Crippen LogP contribution >= 0.6 is 0 Å². The molecule has 4 nitrogen and oxygen atoms in total. The van der Waals surface area contributed by atoms with Crippen molar-refractivity contribution < 1.29 is 9.63 Å². The Labute approximate surface area is 139 Å². The Balaban J connectivity index is 2.18. The summed E-state index contributed by atoms with van der Waals surface area (Å²) in [4.78, 5) is 18.2. The second-order valence-electron chi connectivity index (χ2n) is 7.63. The molecule has 23 heavy (non-hydrogen) atoms. The topological polar surface area (TPSA) is 55.6 Å². The summed E-state index contributed by atoms with van der Waals surface area (Å²) in [6, 6.07) is 10.8. The monoisotopic (exact) mass is 318 g/mol. The molecule has 3 unspecified atom stereocenters. The van der Waals surface area contributed by atoms with Crippen molar-refractivity contribution >= 4 is 5.97 Å². The van der Waals surface area contributed by atoms with Gasteiger partial charge in [-0.1, -0.05) is 37.3 Å². The summed E-state index contributed by atoms with van der Waals surface area (Å²) in [5.74, 6) is -0.176. The van der Waals surface area contributed by atoms with Crippen molar-refractivity contribution in [3.63, 3.8) is 0 Å². The molecule has 2 N–H and O–H groups in total. The quantitative estimate of drug-likeness (QED) is 0.925. The average Bonchev–Trinajstić information content (AvgIpc) is 2.49. The summed E-state index contributed by atoms with van der Waals surface area (Å²) >= 11 is 0. The summed E-state index contributed by atoms with van der Waals surface area (Å²) in [6.07, 6.45) is 3.50. The number of hydroxylamine groups is 2. The lowest BCUT2D eigenvalue weighted by Crippen LogP contribution is -2.54. The molecule has 4 heteroatoms. The molecule has 0 bridgehead atoms. The number of carbonyl (C=O) groups excluding carboxylic acids is 1. The molecule has 1 aromatic carbocycles. The SMILES string of the molecule is CCC1CC(N)CC(Cc2ccccc2)N1OC(=O)C(C)(C)C. The summed E-state index contributed by atoms with van der Waals surface area (Å²) in [7, 11) is 0. The van der Waals surface area contributed by atoms with Crippen LogP contribution in [0.3, 0.4) is 0 Å². The first-order valence-electron chi connectivity index (χ1n) is 8.61. The molecule has 0 radical (unpaired) electrons. The summed E-state index contributed by atoms with van der Waals surface area (Å²) in [6.45, 7) is 7.79. The maximum Gasteiger partial charge on any atom is 0.330 e. The minimum Gasteiger partial charge on any atom is -0.367 e. The van der Waals surface area contributed by atoms with E-state index in [1.807, 2.05) is 44.0 Å². The number of rotatable bonds is 4. The van der Waals surface area contributed by atoms with Crippen molar-refractivity contribution in [2.75, 3.05) is 0 Å². The lowest BCUT2D eigenvalue weighted by Gasteiger charge is -2.43. The van der Waals surface area contributed by atoms with Gasteiger partial charge in [-0.05, 0) is 52.0 Å². The van der Waals surface area contributed by atoms with Crippen LogP contribution in [-0.2, 0) is 16.1 Å². The number of hydrogen-bond donors (Lipinski definition) is 1. The minimum atomic E-state index is -0.505. The number of benzene rings is 1. The van der Waals surface area contributed by atoms with Gasteiger partial charge in [0.05, 0.1) is 11.5 Å². The molecule has 0 aromatic heterocycles. The molecule has 1 heterocycles. The fraction of sp³-hybridized carbons (Fsp3) is 0.632. The Kier molecular flexibility index (Phi) is 5.82. The molecular weight excluding hydrogens is 288 g/mol. The van der Waals surface area contributed by atoms with Crippen LogP contribution in [0.25, 0.3) is 0 Å². The van der Waals surface area contributed by atoms with Crippen LogP contribution in [0.1, 0.15) is 52.5 Å². The van der Waals surface area contributed by atoms with E-state index in [1.165, 1.54) is 5.56 Å². The third kappa shape index (κ3) is 4.79. The van der Waals surface area contributed by atoms with Gasteiger partial charge in [0.25, 0.3) is 0 Å². The molecule has 128 valence electrons. The van der Waals surface area contributed by atoms with Crippen molar-refractivity contribution in [3.05, 3.63) is 35.9 Å². The number of carbonyl (C=O) groups is 1. The standard InChI is InChI=1S/C19H30N2O2/c1-5-16-12-15(20)13-17(11-14-9-7-6-8-10-14)21(16)23-18(22)19(2,3)4/h6-10,15-17H,5,11-13,20H2,1-4H3. The highest BCUT2D eigenvalue weighted by atomic mass is 16.7. The Morgan fingerprint density at radius 3 is 2.39 bits per heavy atom.